The number of esters is 1. The van der Waals surface area contributed by atoms with Crippen molar-refractivity contribution in [2.24, 2.45) is 11.7 Å². The summed E-state index contributed by atoms with van der Waals surface area (Å²) in [5.41, 5.74) is 7.77. The van der Waals surface area contributed by atoms with Gasteiger partial charge in [0.1, 0.15) is 0 Å². The fraction of sp³-hybridized carbons (Fsp3) is 0.308. The van der Waals surface area contributed by atoms with Gasteiger partial charge in [-0.05, 0) is 18.1 Å². The van der Waals surface area contributed by atoms with E-state index >= 15 is 0 Å². The molecule has 5 heteroatoms. The van der Waals surface area contributed by atoms with Crippen molar-refractivity contribution in [1.82, 2.24) is 4.98 Å². The Labute approximate surface area is 112 Å². The monoisotopic (exact) mass is 268 g/mol. The van der Waals surface area contributed by atoms with E-state index in [1.165, 1.54) is 7.11 Å². The third-order valence-electron chi connectivity index (χ3n) is 2.96. The molecule has 2 rings (SSSR count). The number of rotatable bonds is 4. The average Bonchev–Trinajstić information content (AvgIpc) is 2.78. The Morgan fingerprint density at radius 1 is 1.44 bits per heavy atom. The number of halogens is 1. The molecule has 1 aromatic carbocycles. The molecule has 0 saturated carbocycles. The smallest absolute Gasteiger partial charge is 0.310 e. The summed E-state index contributed by atoms with van der Waals surface area (Å²) in [6, 6.07) is 8.00. The highest BCUT2D eigenvalue weighted by atomic mass is 35.5. The van der Waals surface area contributed by atoms with Crippen LogP contribution in [0.4, 0.5) is 0 Å². The van der Waals surface area contributed by atoms with Crippen LogP contribution >= 0.6 is 12.4 Å². The van der Waals surface area contributed by atoms with Gasteiger partial charge in [0.25, 0.3) is 0 Å². The minimum atomic E-state index is -0.279. The van der Waals surface area contributed by atoms with Crippen LogP contribution in [0.5, 0.6) is 0 Å². The molecule has 0 fully saturated rings. The van der Waals surface area contributed by atoms with Gasteiger partial charge in [0.2, 0.25) is 0 Å². The summed E-state index contributed by atoms with van der Waals surface area (Å²) < 4.78 is 4.73. The van der Waals surface area contributed by atoms with Crippen LogP contribution in [-0.2, 0) is 16.0 Å². The Morgan fingerprint density at radius 3 is 2.83 bits per heavy atom. The number of nitrogens with two attached hydrogens (primary N) is 1. The van der Waals surface area contributed by atoms with E-state index in [0.29, 0.717) is 13.0 Å². The van der Waals surface area contributed by atoms with Crippen molar-refractivity contribution in [3.8, 4) is 0 Å². The van der Waals surface area contributed by atoms with E-state index in [-0.39, 0.29) is 24.3 Å². The first-order chi connectivity index (χ1) is 8.26. The topological polar surface area (TPSA) is 68.1 Å². The van der Waals surface area contributed by atoms with Crippen LogP contribution in [0.15, 0.2) is 30.5 Å². The highest BCUT2D eigenvalue weighted by Crippen LogP contribution is 2.20. The summed E-state index contributed by atoms with van der Waals surface area (Å²) >= 11 is 0. The Bertz CT molecular complexity index is 524. The highest BCUT2D eigenvalue weighted by Gasteiger charge is 2.19. The number of para-hydroxylation sites is 1. The SMILES string of the molecule is COC(=O)C(CN)Cc1c[nH]c2ccccc12.Cl. The van der Waals surface area contributed by atoms with E-state index in [2.05, 4.69) is 4.98 Å². The van der Waals surface area contributed by atoms with Crippen molar-refractivity contribution in [2.45, 2.75) is 6.42 Å². The molecule has 98 valence electrons. The van der Waals surface area contributed by atoms with Crippen LogP contribution in [0.25, 0.3) is 10.9 Å². The van der Waals surface area contributed by atoms with E-state index in [9.17, 15) is 4.79 Å². The summed E-state index contributed by atoms with van der Waals surface area (Å²) in [6.07, 6.45) is 2.53. The molecule has 0 spiro atoms. The molecular formula is C13H17ClN2O2. The number of fused-ring (bicyclic) bond motifs is 1. The van der Waals surface area contributed by atoms with Crippen molar-refractivity contribution in [1.29, 1.82) is 0 Å². The summed E-state index contributed by atoms with van der Waals surface area (Å²) in [5, 5.41) is 1.13. The van der Waals surface area contributed by atoms with Gasteiger partial charge in [0, 0.05) is 23.6 Å². The number of benzene rings is 1. The number of aromatic amines is 1. The lowest BCUT2D eigenvalue weighted by molar-refractivity contribution is -0.145. The number of H-pyrrole nitrogens is 1. The molecule has 1 atom stereocenters. The minimum Gasteiger partial charge on any atom is -0.469 e. The largest absolute Gasteiger partial charge is 0.469 e. The summed E-state index contributed by atoms with van der Waals surface area (Å²) in [6.45, 7) is 0.298. The normalized spacial score (nSPS) is 11.9. The zero-order valence-corrected chi connectivity index (χ0v) is 11.0. The van der Waals surface area contributed by atoms with Crippen LogP contribution in [-0.4, -0.2) is 24.6 Å². The lowest BCUT2D eigenvalue weighted by Gasteiger charge is -2.11. The van der Waals surface area contributed by atoms with Gasteiger partial charge in [-0.3, -0.25) is 4.79 Å². The fourth-order valence-corrected chi connectivity index (χ4v) is 2.00. The minimum absolute atomic E-state index is 0. The summed E-state index contributed by atoms with van der Waals surface area (Å²) in [5.74, 6) is -0.531. The average molecular weight is 269 g/mol. The van der Waals surface area contributed by atoms with E-state index in [0.717, 1.165) is 16.5 Å². The molecule has 0 bridgehead atoms. The molecule has 0 radical (unpaired) electrons. The van der Waals surface area contributed by atoms with E-state index < -0.39 is 0 Å². The van der Waals surface area contributed by atoms with Crippen LogP contribution in [0.3, 0.4) is 0 Å². The van der Waals surface area contributed by atoms with Gasteiger partial charge in [-0.2, -0.15) is 0 Å². The van der Waals surface area contributed by atoms with Crippen LogP contribution in [0.1, 0.15) is 5.56 Å². The second kappa shape index (κ2) is 6.42. The van der Waals surface area contributed by atoms with Crippen molar-refractivity contribution in [3.63, 3.8) is 0 Å². The fourth-order valence-electron chi connectivity index (χ4n) is 2.00. The van der Waals surface area contributed by atoms with E-state index in [1.807, 2.05) is 30.5 Å². The first-order valence-electron chi connectivity index (χ1n) is 5.59. The van der Waals surface area contributed by atoms with Crippen molar-refractivity contribution < 1.29 is 9.53 Å². The lowest BCUT2D eigenvalue weighted by atomic mass is 9.99. The summed E-state index contributed by atoms with van der Waals surface area (Å²) in [4.78, 5) is 14.7. The number of carbonyl (C=O) groups is 1. The number of methoxy groups -OCH3 is 1. The molecule has 0 aliphatic rings. The highest BCUT2D eigenvalue weighted by molar-refractivity contribution is 5.85. The van der Waals surface area contributed by atoms with Gasteiger partial charge in [-0.1, -0.05) is 18.2 Å². The number of hydrogen-bond donors (Lipinski definition) is 2. The molecule has 0 aliphatic heterocycles. The summed E-state index contributed by atoms with van der Waals surface area (Å²) in [7, 11) is 1.39. The number of aromatic nitrogens is 1. The zero-order chi connectivity index (χ0) is 12.3. The Balaban J connectivity index is 0.00000162. The number of nitrogens with one attached hydrogen (secondary N) is 1. The second-order valence-electron chi connectivity index (χ2n) is 4.02. The third kappa shape index (κ3) is 2.83. The molecule has 2 aromatic rings. The van der Waals surface area contributed by atoms with Gasteiger partial charge in [-0.15, -0.1) is 12.4 Å². The van der Waals surface area contributed by atoms with Gasteiger partial charge in [0.15, 0.2) is 0 Å². The maximum absolute atomic E-state index is 11.5. The van der Waals surface area contributed by atoms with Crippen LogP contribution < -0.4 is 5.73 Å². The molecule has 1 unspecified atom stereocenters. The van der Waals surface area contributed by atoms with Gasteiger partial charge < -0.3 is 15.5 Å². The second-order valence-corrected chi connectivity index (χ2v) is 4.02. The number of hydrogen-bond acceptors (Lipinski definition) is 3. The molecule has 1 heterocycles. The van der Waals surface area contributed by atoms with E-state index in [1.54, 1.807) is 0 Å². The zero-order valence-electron chi connectivity index (χ0n) is 10.2. The lowest BCUT2D eigenvalue weighted by Crippen LogP contribution is -2.26. The Hall–Kier alpha value is -1.52. The van der Waals surface area contributed by atoms with Crippen molar-refractivity contribution in [3.05, 3.63) is 36.0 Å². The van der Waals surface area contributed by atoms with Crippen molar-refractivity contribution >= 4 is 29.3 Å². The first-order valence-corrected chi connectivity index (χ1v) is 5.59. The first kappa shape index (κ1) is 14.5. The quantitative estimate of drug-likeness (QED) is 0.832. The maximum Gasteiger partial charge on any atom is 0.310 e. The molecule has 18 heavy (non-hydrogen) atoms. The number of carbonyl (C=O) groups excluding carboxylic acids is 1. The number of ether oxygens (including phenoxy) is 1. The van der Waals surface area contributed by atoms with Crippen LogP contribution in [0, 0.1) is 5.92 Å². The maximum atomic E-state index is 11.5. The molecule has 4 nitrogen and oxygen atoms in total. The molecule has 1 aromatic heterocycles. The van der Waals surface area contributed by atoms with Gasteiger partial charge in [-0.25, -0.2) is 0 Å². The molecule has 0 aliphatic carbocycles. The third-order valence-corrected chi connectivity index (χ3v) is 2.96. The van der Waals surface area contributed by atoms with Gasteiger partial charge in [0.05, 0.1) is 13.0 Å². The predicted octanol–water partition coefficient (Wildman–Crippen LogP) is 1.88. The van der Waals surface area contributed by atoms with Crippen LogP contribution in [0.2, 0.25) is 0 Å². The standard InChI is InChI=1S/C13H16N2O2.ClH/c1-17-13(16)9(7-14)6-10-8-15-12-5-3-2-4-11(10)12;/h2-5,8-9,15H,6-7,14H2,1H3;1H. The Kier molecular flexibility index (Phi) is 5.19. The molecular weight excluding hydrogens is 252 g/mol. The molecule has 0 saturated heterocycles. The molecule has 3 N–H and O–H groups in total. The van der Waals surface area contributed by atoms with Crippen molar-refractivity contribution in [2.75, 3.05) is 13.7 Å². The van der Waals surface area contributed by atoms with Gasteiger partial charge >= 0.3 is 5.97 Å². The Morgan fingerprint density at radius 2 is 2.17 bits per heavy atom. The predicted molar refractivity (Wildman–Crippen MR) is 73.8 cm³/mol. The van der Waals surface area contributed by atoms with E-state index in [4.69, 9.17) is 10.5 Å². The molecule has 0 amide bonds.